The number of para-hydroxylation sites is 1. The number of benzene rings is 1. The van der Waals surface area contributed by atoms with Gasteiger partial charge in [-0.3, -0.25) is 20.0 Å². The van der Waals surface area contributed by atoms with Gasteiger partial charge in [0.05, 0.1) is 21.9 Å². The van der Waals surface area contributed by atoms with E-state index in [1.165, 1.54) is 10.8 Å². The maximum atomic E-state index is 12.6. The number of aromatic amines is 1. The van der Waals surface area contributed by atoms with E-state index in [9.17, 15) is 19.7 Å². The number of aliphatic carboxylic acids is 1. The number of carbonyl (C=O) groups is 1. The summed E-state index contributed by atoms with van der Waals surface area (Å²) in [6.45, 7) is 1.64. The Morgan fingerprint density at radius 2 is 2.07 bits per heavy atom. The Balaban J connectivity index is 1.92. The van der Waals surface area contributed by atoms with Gasteiger partial charge in [-0.1, -0.05) is 24.3 Å². The highest BCUT2D eigenvalue weighted by Gasteiger charge is 2.29. The summed E-state index contributed by atoms with van der Waals surface area (Å²) in [7, 11) is 0. The minimum Gasteiger partial charge on any atom is -0.478 e. The van der Waals surface area contributed by atoms with Crippen molar-refractivity contribution < 1.29 is 14.8 Å². The van der Waals surface area contributed by atoms with E-state index in [0.717, 1.165) is 6.08 Å². The summed E-state index contributed by atoms with van der Waals surface area (Å²) in [4.78, 5) is 34.1. The number of hydrogen-bond donors (Lipinski definition) is 2. The van der Waals surface area contributed by atoms with E-state index < -0.39 is 22.5 Å². The number of carboxylic acid groups (broad SMARTS) is 1. The topological polar surface area (TPSA) is 143 Å². The van der Waals surface area contributed by atoms with Gasteiger partial charge in [0, 0.05) is 12.5 Å². The zero-order valence-corrected chi connectivity index (χ0v) is 14.2. The molecule has 0 radical (unpaired) electrons. The van der Waals surface area contributed by atoms with Gasteiger partial charge in [-0.15, -0.1) is 5.11 Å². The average Bonchev–Trinajstić information content (AvgIpc) is 2.94. The molecule has 2 aromatic rings. The number of azo groups is 1. The van der Waals surface area contributed by atoms with Crippen molar-refractivity contribution in [1.29, 1.82) is 0 Å². The minimum absolute atomic E-state index is 0.00823. The summed E-state index contributed by atoms with van der Waals surface area (Å²) in [5.41, 5.74) is 0.121. The molecule has 2 N–H and O–H groups in total. The molecule has 1 unspecified atom stereocenters. The predicted molar refractivity (Wildman–Crippen MR) is 94.8 cm³/mol. The highest BCUT2D eigenvalue weighted by Crippen LogP contribution is 2.24. The van der Waals surface area contributed by atoms with Crippen molar-refractivity contribution in [2.75, 3.05) is 0 Å². The molecule has 10 heteroatoms. The molecule has 0 spiro atoms. The zero-order chi connectivity index (χ0) is 19.6. The lowest BCUT2D eigenvalue weighted by atomic mass is 10.0. The van der Waals surface area contributed by atoms with Crippen molar-refractivity contribution in [1.82, 2.24) is 9.78 Å². The van der Waals surface area contributed by atoms with Crippen LogP contribution < -0.4 is 5.56 Å². The van der Waals surface area contributed by atoms with Crippen LogP contribution in [0.25, 0.3) is 5.69 Å². The molecule has 10 nitrogen and oxygen atoms in total. The molecular formula is C17H15N5O5. The molecule has 27 heavy (non-hydrogen) atoms. The molecule has 1 aromatic carbocycles. The maximum absolute atomic E-state index is 12.6. The summed E-state index contributed by atoms with van der Waals surface area (Å²) in [6, 6.07) is 7.89. The maximum Gasteiger partial charge on any atom is 0.335 e. The van der Waals surface area contributed by atoms with E-state index in [1.807, 2.05) is 6.07 Å². The van der Waals surface area contributed by atoms with Crippen molar-refractivity contribution in [2.45, 2.75) is 19.4 Å². The Kier molecular flexibility index (Phi) is 4.79. The molecular weight excluding hydrogens is 354 g/mol. The van der Waals surface area contributed by atoms with Crippen LogP contribution in [0.3, 0.4) is 0 Å². The molecule has 1 aliphatic carbocycles. The Hall–Kier alpha value is -3.82. The number of aromatic nitrogens is 2. The molecule has 0 bridgehead atoms. The van der Waals surface area contributed by atoms with E-state index >= 15 is 0 Å². The number of H-pyrrole nitrogens is 1. The third-order valence-electron chi connectivity index (χ3n) is 4.02. The van der Waals surface area contributed by atoms with Gasteiger partial charge in [-0.2, -0.15) is 5.11 Å². The smallest absolute Gasteiger partial charge is 0.335 e. The first kappa shape index (κ1) is 18.0. The second kappa shape index (κ2) is 7.20. The number of nitrogens with one attached hydrogen (secondary N) is 1. The molecule has 0 amide bonds. The van der Waals surface area contributed by atoms with E-state index in [2.05, 4.69) is 15.3 Å². The van der Waals surface area contributed by atoms with E-state index in [1.54, 1.807) is 31.2 Å². The third-order valence-corrected chi connectivity index (χ3v) is 4.02. The lowest BCUT2D eigenvalue weighted by Crippen LogP contribution is -2.19. The van der Waals surface area contributed by atoms with Crippen molar-refractivity contribution in [3.05, 3.63) is 79.9 Å². The monoisotopic (exact) mass is 369 g/mol. The van der Waals surface area contributed by atoms with Crippen LogP contribution in [0.2, 0.25) is 0 Å². The Morgan fingerprint density at radius 3 is 2.70 bits per heavy atom. The van der Waals surface area contributed by atoms with E-state index in [0.29, 0.717) is 11.4 Å². The quantitative estimate of drug-likeness (QED) is 0.473. The van der Waals surface area contributed by atoms with Crippen molar-refractivity contribution >= 4 is 11.7 Å². The summed E-state index contributed by atoms with van der Waals surface area (Å²) >= 11 is 0. The highest BCUT2D eigenvalue weighted by atomic mass is 16.6. The first-order valence-corrected chi connectivity index (χ1v) is 7.96. The summed E-state index contributed by atoms with van der Waals surface area (Å²) in [5, 5.41) is 30.9. The highest BCUT2D eigenvalue weighted by molar-refractivity contribution is 5.90. The zero-order valence-electron chi connectivity index (χ0n) is 14.2. The van der Waals surface area contributed by atoms with Crippen LogP contribution in [0, 0.1) is 17.0 Å². The standard InChI is InChI=1S/C17H15N5O5/c1-10-15(16(23)21(20-10)12-5-3-2-4-6-12)19-18-13-8-7-11(17(24)25)9-14(13)22(26)27/h2-7,9,13,20H,8H2,1H3,(H,24,25). The van der Waals surface area contributed by atoms with Gasteiger partial charge < -0.3 is 5.11 Å². The lowest BCUT2D eigenvalue weighted by Gasteiger charge is -2.11. The number of nitrogens with zero attached hydrogens (tertiary/aromatic N) is 4. The summed E-state index contributed by atoms with van der Waals surface area (Å²) in [6.07, 6.45) is 2.31. The second-order valence-electron chi connectivity index (χ2n) is 5.82. The number of rotatable bonds is 5. The Bertz CT molecular complexity index is 1050. The van der Waals surface area contributed by atoms with Gasteiger partial charge in [-0.05, 0) is 19.1 Å². The fraction of sp³-hybridized carbons (Fsp3) is 0.176. The van der Waals surface area contributed by atoms with Crippen molar-refractivity contribution in [3.63, 3.8) is 0 Å². The molecule has 0 saturated carbocycles. The molecule has 1 aromatic heterocycles. The van der Waals surface area contributed by atoms with E-state index in [-0.39, 0.29) is 23.4 Å². The number of carboxylic acids is 1. The first-order chi connectivity index (χ1) is 12.9. The van der Waals surface area contributed by atoms with Crippen LogP contribution in [-0.4, -0.2) is 31.8 Å². The molecule has 1 atom stereocenters. The first-order valence-electron chi connectivity index (χ1n) is 7.96. The van der Waals surface area contributed by atoms with Gasteiger partial charge in [0.25, 0.3) is 11.3 Å². The van der Waals surface area contributed by atoms with E-state index in [4.69, 9.17) is 5.11 Å². The number of nitro groups is 1. The molecule has 1 heterocycles. The largest absolute Gasteiger partial charge is 0.478 e. The molecule has 138 valence electrons. The van der Waals surface area contributed by atoms with Crippen LogP contribution in [0.1, 0.15) is 12.1 Å². The number of aryl methyl sites for hydroxylation is 1. The molecule has 0 aliphatic heterocycles. The number of hydrogen-bond acceptors (Lipinski definition) is 6. The fourth-order valence-electron chi connectivity index (χ4n) is 2.65. The SMILES string of the molecule is Cc1[nH]n(-c2ccccc2)c(=O)c1N=NC1CC=C(C(=O)O)C=C1[N+](=O)[O-]. The summed E-state index contributed by atoms with van der Waals surface area (Å²) < 4.78 is 1.30. The predicted octanol–water partition coefficient (Wildman–Crippen LogP) is 2.50. The van der Waals surface area contributed by atoms with Crippen LogP contribution in [0.4, 0.5) is 5.69 Å². The Labute approximate surface area is 152 Å². The lowest BCUT2D eigenvalue weighted by molar-refractivity contribution is -0.429. The van der Waals surface area contributed by atoms with Crippen LogP contribution >= 0.6 is 0 Å². The van der Waals surface area contributed by atoms with Crippen LogP contribution in [0.15, 0.2) is 68.8 Å². The molecule has 0 saturated heterocycles. The van der Waals surface area contributed by atoms with Crippen LogP contribution in [-0.2, 0) is 4.79 Å². The van der Waals surface area contributed by atoms with Crippen molar-refractivity contribution in [2.24, 2.45) is 10.2 Å². The molecule has 1 aliphatic rings. The van der Waals surface area contributed by atoms with Gasteiger partial charge >= 0.3 is 5.97 Å². The fourth-order valence-corrected chi connectivity index (χ4v) is 2.65. The summed E-state index contributed by atoms with van der Waals surface area (Å²) in [5.74, 6) is -1.25. The third kappa shape index (κ3) is 3.59. The van der Waals surface area contributed by atoms with Gasteiger partial charge in [0.15, 0.2) is 11.7 Å². The van der Waals surface area contributed by atoms with Crippen molar-refractivity contribution in [3.8, 4) is 5.69 Å². The van der Waals surface area contributed by atoms with Gasteiger partial charge in [0.2, 0.25) is 0 Å². The van der Waals surface area contributed by atoms with Gasteiger partial charge in [-0.25, -0.2) is 9.48 Å². The Morgan fingerprint density at radius 1 is 1.37 bits per heavy atom. The molecule has 0 fully saturated rings. The molecule has 3 rings (SSSR count). The van der Waals surface area contributed by atoms with Crippen LogP contribution in [0.5, 0.6) is 0 Å². The minimum atomic E-state index is -1.25. The average molecular weight is 369 g/mol. The van der Waals surface area contributed by atoms with Gasteiger partial charge in [0.1, 0.15) is 0 Å². The second-order valence-corrected chi connectivity index (χ2v) is 5.82. The normalized spacial score (nSPS) is 16.9.